The van der Waals surface area contributed by atoms with Crippen LogP contribution in [0.2, 0.25) is 0 Å². The zero-order valence-electron chi connectivity index (χ0n) is 10.2. The normalized spacial score (nSPS) is 14.4. The van der Waals surface area contributed by atoms with Crippen LogP contribution in [0, 0.1) is 0 Å². The highest BCUT2D eigenvalue weighted by Gasteiger charge is 2.21. The molecule has 1 amide bonds. The number of rotatable bonds is 5. The molecule has 2 atom stereocenters. The maximum absolute atomic E-state index is 12.0. The number of carbonyl (C=O) groups excluding carboxylic acids is 1. The van der Waals surface area contributed by atoms with Crippen molar-refractivity contribution in [1.82, 2.24) is 15.1 Å². The molecule has 6 nitrogen and oxygen atoms in total. The third kappa shape index (κ3) is 3.13. The number of nitrogens with zero attached hydrogens (tertiary/aromatic N) is 2. The molecular formula is C10H18N4O2S. The fourth-order valence-electron chi connectivity index (χ4n) is 1.54. The number of aromatic nitrogens is 2. The van der Waals surface area contributed by atoms with Gasteiger partial charge in [0.1, 0.15) is 5.69 Å². The Labute approximate surface area is 105 Å². The summed E-state index contributed by atoms with van der Waals surface area (Å²) in [6.07, 6.45) is 3.33. The molecule has 1 heterocycles. The van der Waals surface area contributed by atoms with E-state index < -0.39 is 0 Å². The van der Waals surface area contributed by atoms with Crippen molar-refractivity contribution in [3.8, 4) is 0 Å². The number of hydrogen-bond donors (Lipinski definition) is 3. The van der Waals surface area contributed by atoms with Crippen molar-refractivity contribution in [2.24, 2.45) is 7.05 Å². The van der Waals surface area contributed by atoms with Crippen LogP contribution in [0.4, 0.5) is 5.69 Å². The van der Waals surface area contributed by atoms with E-state index in [1.807, 2.05) is 13.2 Å². The average molecular weight is 258 g/mol. The third-order valence-corrected chi connectivity index (χ3v) is 3.74. The van der Waals surface area contributed by atoms with E-state index >= 15 is 0 Å². The average Bonchev–Trinajstić information content (AvgIpc) is 2.60. The van der Waals surface area contributed by atoms with Crippen LogP contribution < -0.4 is 11.1 Å². The van der Waals surface area contributed by atoms with Crippen LogP contribution in [-0.2, 0) is 7.05 Å². The molecule has 1 rings (SSSR count). The van der Waals surface area contributed by atoms with Crippen LogP contribution in [0.3, 0.4) is 0 Å². The van der Waals surface area contributed by atoms with Gasteiger partial charge in [-0.25, -0.2) is 0 Å². The van der Waals surface area contributed by atoms with Gasteiger partial charge < -0.3 is 16.2 Å². The molecule has 0 aliphatic rings. The number of amides is 1. The van der Waals surface area contributed by atoms with Gasteiger partial charge in [-0.05, 0) is 13.2 Å². The summed E-state index contributed by atoms with van der Waals surface area (Å²) in [7, 11) is 1.66. The molecule has 7 heteroatoms. The van der Waals surface area contributed by atoms with Gasteiger partial charge in [0.15, 0.2) is 0 Å². The summed E-state index contributed by atoms with van der Waals surface area (Å²) in [6, 6.07) is -0.142. The number of anilines is 1. The first-order chi connectivity index (χ1) is 8.01. The van der Waals surface area contributed by atoms with E-state index in [-0.39, 0.29) is 23.8 Å². The molecule has 2 unspecified atom stereocenters. The molecule has 1 aromatic heterocycles. The van der Waals surface area contributed by atoms with Crippen molar-refractivity contribution < 1.29 is 9.90 Å². The summed E-state index contributed by atoms with van der Waals surface area (Å²) >= 11 is 1.51. The summed E-state index contributed by atoms with van der Waals surface area (Å²) in [5.74, 6) is -0.275. The second kappa shape index (κ2) is 5.92. The maximum Gasteiger partial charge on any atom is 0.271 e. The van der Waals surface area contributed by atoms with Gasteiger partial charge in [-0.1, -0.05) is 0 Å². The molecule has 0 aliphatic heterocycles. The minimum absolute atomic E-state index is 0.0173. The Morgan fingerprint density at radius 3 is 2.82 bits per heavy atom. The van der Waals surface area contributed by atoms with Crippen LogP contribution in [0.5, 0.6) is 0 Å². The van der Waals surface area contributed by atoms with Gasteiger partial charge in [0.05, 0.1) is 18.5 Å². The molecule has 0 aliphatic carbocycles. The molecule has 1 aromatic rings. The monoisotopic (exact) mass is 258 g/mol. The molecular weight excluding hydrogens is 240 g/mol. The fraction of sp³-hybridized carbons (Fsp3) is 0.600. The van der Waals surface area contributed by atoms with Crippen molar-refractivity contribution in [1.29, 1.82) is 0 Å². The van der Waals surface area contributed by atoms with E-state index in [0.717, 1.165) is 0 Å². The molecule has 0 saturated heterocycles. The van der Waals surface area contributed by atoms with E-state index in [9.17, 15) is 4.79 Å². The first-order valence-corrected chi connectivity index (χ1v) is 6.52. The van der Waals surface area contributed by atoms with E-state index in [1.54, 1.807) is 7.05 Å². The number of nitrogens with two attached hydrogens (primary N) is 1. The molecule has 0 fully saturated rings. The summed E-state index contributed by atoms with van der Waals surface area (Å²) in [5.41, 5.74) is 6.35. The molecule has 0 saturated carbocycles. The Morgan fingerprint density at radius 1 is 1.76 bits per heavy atom. The molecule has 0 radical (unpaired) electrons. The zero-order valence-corrected chi connectivity index (χ0v) is 11.0. The van der Waals surface area contributed by atoms with Crippen LogP contribution >= 0.6 is 11.8 Å². The lowest BCUT2D eigenvalue weighted by Crippen LogP contribution is -2.42. The van der Waals surface area contributed by atoms with Gasteiger partial charge in [-0.15, -0.1) is 0 Å². The van der Waals surface area contributed by atoms with Crippen LogP contribution in [0.1, 0.15) is 17.4 Å². The standard InChI is InChI=1S/C10H18N4O2S/c1-6(8(5-15)17-3)13-10(16)9-7(11)4-12-14(9)2/h4,6,8,15H,5,11H2,1-3H3,(H,13,16). The maximum atomic E-state index is 12.0. The van der Waals surface area contributed by atoms with E-state index in [2.05, 4.69) is 10.4 Å². The second-order valence-electron chi connectivity index (χ2n) is 3.79. The largest absolute Gasteiger partial charge is 0.396 e. The third-order valence-electron chi connectivity index (χ3n) is 2.58. The lowest BCUT2D eigenvalue weighted by atomic mass is 10.2. The van der Waals surface area contributed by atoms with Gasteiger partial charge in [0, 0.05) is 18.3 Å². The van der Waals surface area contributed by atoms with Crippen molar-refractivity contribution in [2.45, 2.75) is 18.2 Å². The summed E-state index contributed by atoms with van der Waals surface area (Å²) in [6.45, 7) is 1.87. The first kappa shape index (κ1) is 13.9. The number of aliphatic hydroxyl groups excluding tert-OH is 1. The summed E-state index contributed by atoms with van der Waals surface area (Å²) in [4.78, 5) is 12.0. The van der Waals surface area contributed by atoms with Crippen LogP contribution in [0.25, 0.3) is 0 Å². The summed E-state index contributed by atoms with van der Waals surface area (Å²) < 4.78 is 1.43. The van der Waals surface area contributed by atoms with Gasteiger partial charge in [-0.2, -0.15) is 16.9 Å². The highest BCUT2D eigenvalue weighted by atomic mass is 32.2. The second-order valence-corrected chi connectivity index (χ2v) is 4.87. The minimum atomic E-state index is -0.275. The first-order valence-electron chi connectivity index (χ1n) is 5.23. The van der Waals surface area contributed by atoms with Gasteiger partial charge in [0.2, 0.25) is 0 Å². The number of nitrogens with one attached hydrogen (secondary N) is 1. The minimum Gasteiger partial charge on any atom is -0.396 e. The molecule has 96 valence electrons. The predicted octanol–water partition coefficient (Wildman–Crippen LogP) is -0.156. The van der Waals surface area contributed by atoms with Crippen LogP contribution in [0.15, 0.2) is 6.20 Å². The molecule has 17 heavy (non-hydrogen) atoms. The van der Waals surface area contributed by atoms with Gasteiger partial charge in [0.25, 0.3) is 5.91 Å². The number of aryl methyl sites for hydroxylation is 1. The Bertz CT molecular complexity index is 370. The van der Waals surface area contributed by atoms with Crippen molar-refractivity contribution >= 4 is 23.4 Å². The van der Waals surface area contributed by atoms with Crippen LogP contribution in [-0.4, -0.2) is 44.9 Å². The van der Waals surface area contributed by atoms with Crippen molar-refractivity contribution in [3.63, 3.8) is 0 Å². The number of aliphatic hydroxyl groups is 1. The molecule has 0 spiro atoms. The number of nitrogen functional groups attached to an aromatic ring is 1. The smallest absolute Gasteiger partial charge is 0.271 e. The number of hydrogen-bond acceptors (Lipinski definition) is 5. The SMILES string of the molecule is CSC(CO)C(C)NC(=O)c1c(N)cnn1C. The highest BCUT2D eigenvalue weighted by Crippen LogP contribution is 2.13. The highest BCUT2D eigenvalue weighted by molar-refractivity contribution is 7.99. The van der Waals surface area contributed by atoms with E-state index in [1.165, 1.54) is 22.6 Å². The lowest BCUT2D eigenvalue weighted by Gasteiger charge is -2.21. The molecule has 4 N–H and O–H groups in total. The Morgan fingerprint density at radius 2 is 2.41 bits per heavy atom. The Balaban J connectivity index is 2.73. The van der Waals surface area contributed by atoms with Gasteiger partial charge in [-0.3, -0.25) is 9.48 Å². The number of thioether (sulfide) groups is 1. The molecule has 0 aromatic carbocycles. The fourth-order valence-corrected chi connectivity index (χ4v) is 2.16. The lowest BCUT2D eigenvalue weighted by molar-refractivity contribution is 0.0927. The molecule has 0 bridgehead atoms. The summed E-state index contributed by atoms with van der Waals surface area (Å²) in [5, 5.41) is 15.8. The zero-order chi connectivity index (χ0) is 13.0. The predicted molar refractivity (Wildman–Crippen MR) is 68.9 cm³/mol. The quantitative estimate of drug-likeness (QED) is 0.682. The number of carbonyl (C=O) groups is 1. The van der Waals surface area contributed by atoms with E-state index in [4.69, 9.17) is 10.8 Å². The van der Waals surface area contributed by atoms with Crippen molar-refractivity contribution in [3.05, 3.63) is 11.9 Å². The topological polar surface area (TPSA) is 93.2 Å². The Hall–Kier alpha value is -1.21. The van der Waals surface area contributed by atoms with Crippen molar-refractivity contribution in [2.75, 3.05) is 18.6 Å². The Kier molecular flexibility index (Phi) is 4.83. The van der Waals surface area contributed by atoms with Gasteiger partial charge >= 0.3 is 0 Å². The van der Waals surface area contributed by atoms with E-state index in [0.29, 0.717) is 11.4 Å².